The molecular formula is C24H46O8. The van der Waals surface area contributed by atoms with Gasteiger partial charge in [0.25, 0.3) is 0 Å². The number of aliphatic carboxylic acids is 1. The molecule has 4 unspecified atom stereocenters. The molecule has 32 heavy (non-hydrogen) atoms. The molecule has 0 spiro atoms. The van der Waals surface area contributed by atoms with Gasteiger partial charge >= 0.3 is 5.97 Å². The lowest BCUT2D eigenvalue weighted by molar-refractivity contribution is -0.164. The minimum atomic E-state index is -2.21. The quantitative estimate of drug-likeness (QED) is 0.105. The molecule has 0 aliphatic rings. The molecule has 0 aliphatic carbocycles. The molecule has 4 atom stereocenters. The van der Waals surface area contributed by atoms with E-state index in [1.54, 1.807) is 0 Å². The van der Waals surface area contributed by atoms with E-state index in [2.05, 4.69) is 6.92 Å². The van der Waals surface area contributed by atoms with Crippen molar-refractivity contribution in [3.63, 3.8) is 0 Å². The van der Waals surface area contributed by atoms with Crippen molar-refractivity contribution in [2.45, 2.75) is 128 Å². The molecule has 0 fully saturated rings. The zero-order chi connectivity index (χ0) is 24.2. The Hall–Kier alpha value is -1.35. The normalized spacial score (nSPS) is 15.8. The monoisotopic (exact) mass is 462 g/mol. The highest BCUT2D eigenvalue weighted by atomic mass is 16.5. The third-order valence-electron chi connectivity index (χ3n) is 5.65. The van der Waals surface area contributed by atoms with Crippen LogP contribution in [-0.2, 0) is 9.53 Å². The summed E-state index contributed by atoms with van der Waals surface area (Å²) in [4.78, 5) is 10.7. The number of hydrogen-bond acceptors (Lipinski definition) is 7. The van der Waals surface area contributed by atoms with E-state index in [0.717, 1.165) is 25.5 Å². The average Bonchev–Trinajstić information content (AvgIpc) is 2.78. The smallest absolute Gasteiger partial charge is 0.335 e. The first kappa shape index (κ1) is 30.6. The van der Waals surface area contributed by atoms with Crippen molar-refractivity contribution >= 4 is 5.97 Å². The van der Waals surface area contributed by atoms with Crippen molar-refractivity contribution in [2.24, 2.45) is 0 Å². The van der Waals surface area contributed by atoms with E-state index in [0.29, 0.717) is 6.42 Å². The number of aliphatic hydroxyl groups is 5. The van der Waals surface area contributed by atoms with Crippen molar-refractivity contribution in [3.8, 4) is 0 Å². The topological polar surface area (TPSA) is 148 Å². The molecule has 0 heterocycles. The minimum Gasteiger partial charge on any atom is -0.509 e. The predicted octanol–water partition coefficient (Wildman–Crippen LogP) is 3.80. The number of carboxylic acid groups (broad SMARTS) is 1. The Morgan fingerprint density at radius 2 is 1.19 bits per heavy atom. The van der Waals surface area contributed by atoms with Gasteiger partial charge in [-0.3, -0.25) is 0 Å². The van der Waals surface area contributed by atoms with Gasteiger partial charge in [0, 0.05) is 6.42 Å². The van der Waals surface area contributed by atoms with Crippen LogP contribution in [0.2, 0.25) is 0 Å². The van der Waals surface area contributed by atoms with Crippen LogP contribution in [0.1, 0.15) is 103 Å². The minimum absolute atomic E-state index is 0.0668. The van der Waals surface area contributed by atoms with Gasteiger partial charge in [-0.25, -0.2) is 4.79 Å². The van der Waals surface area contributed by atoms with Gasteiger partial charge in [0.2, 0.25) is 0 Å². The number of rotatable bonds is 22. The van der Waals surface area contributed by atoms with Crippen LogP contribution in [0.15, 0.2) is 12.0 Å². The fourth-order valence-electron chi connectivity index (χ4n) is 3.51. The van der Waals surface area contributed by atoms with Crippen molar-refractivity contribution in [1.29, 1.82) is 0 Å². The zero-order valence-corrected chi connectivity index (χ0v) is 19.7. The summed E-state index contributed by atoms with van der Waals surface area (Å²) in [7, 11) is 0. The first-order valence-corrected chi connectivity index (χ1v) is 12.3. The number of carbonyl (C=O) groups is 1. The SMILES string of the molecule is CCCCCCCCCCCCCCCCC(O)=COC(CO)C(O)C(O)C(O)C(=O)O. The Morgan fingerprint density at radius 1 is 0.750 bits per heavy atom. The van der Waals surface area contributed by atoms with E-state index in [-0.39, 0.29) is 5.76 Å². The first-order chi connectivity index (χ1) is 15.3. The van der Waals surface area contributed by atoms with Gasteiger partial charge in [-0.2, -0.15) is 0 Å². The molecule has 8 heteroatoms. The lowest BCUT2D eigenvalue weighted by atomic mass is 10.0. The average molecular weight is 463 g/mol. The van der Waals surface area contributed by atoms with Gasteiger partial charge in [0.05, 0.1) is 6.61 Å². The number of allylic oxidation sites excluding steroid dienone is 1. The third kappa shape index (κ3) is 15.5. The molecule has 0 saturated carbocycles. The van der Waals surface area contributed by atoms with Gasteiger partial charge in [-0.1, -0.05) is 90.4 Å². The number of hydrogen-bond donors (Lipinski definition) is 6. The largest absolute Gasteiger partial charge is 0.509 e. The lowest BCUT2D eigenvalue weighted by Crippen LogP contribution is -2.49. The van der Waals surface area contributed by atoms with Crippen LogP contribution in [0.3, 0.4) is 0 Å². The Labute approximate surface area is 192 Å². The Morgan fingerprint density at radius 3 is 1.59 bits per heavy atom. The Kier molecular flexibility index (Phi) is 19.4. The van der Waals surface area contributed by atoms with Gasteiger partial charge < -0.3 is 35.4 Å². The zero-order valence-electron chi connectivity index (χ0n) is 19.7. The molecule has 0 aliphatic heterocycles. The maximum absolute atomic E-state index is 10.7. The number of carboxylic acids is 1. The summed E-state index contributed by atoms with van der Waals surface area (Å²) < 4.78 is 5.06. The molecule has 0 amide bonds. The second-order valence-corrected chi connectivity index (χ2v) is 8.58. The van der Waals surface area contributed by atoms with Crippen molar-refractivity contribution in [2.75, 3.05) is 6.61 Å². The molecule has 0 aromatic carbocycles. The summed E-state index contributed by atoms with van der Waals surface area (Å²) in [6.07, 6.45) is 11.2. The number of aliphatic hydroxyl groups excluding tert-OH is 5. The highest BCUT2D eigenvalue weighted by Crippen LogP contribution is 2.15. The van der Waals surface area contributed by atoms with Crippen molar-refractivity contribution in [3.05, 3.63) is 12.0 Å². The van der Waals surface area contributed by atoms with Crippen LogP contribution >= 0.6 is 0 Å². The van der Waals surface area contributed by atoms with Crippen molar-refractivity contribution < 1.29 is 40.2 Å². The molecule has 0 saturated heterocycles. The second kappa shape index (κ2) is 20.3. The highest BCUT2D eigenvalue weighted by molar-refractivity contribution is 5.72. The fourth-order valence-corrected chi connectivity index (χ4v) is 3.51. The molecule has 190 valence electrons. The van der Waals surface area contributed by atoms with E-state index in [1.165, 1.54) is 70.6 Å². The molecule has 0 rings (SSSR count). The molecular weight excluding hydrogens is 416 g/mol. The molecule has 8 nitrogen and oxygen atoms in total. The van der Waals surface area contributed by atoms with Gasteiger partial charge in [-0.05, 0) is 6.42 Å². The summed E-state index contributed by atoms with van der Waals surface area (Å²) in [6, 6.07) is 0. The molecule has 6 N–H and O–H groups in total. The maximum Gasteiger partial charge on any atom is 0.335 e. The maximum atomic E-state index is 10.7. The Bertz CT molecular complexity index is 483. The van der Waals surface area contributed by atoms with Crippen LogP contribution in [0.25, 0.3) is 0 Å². The molecule has 0 radical (unpaired) electrons. The predicted molar refractivity (Wildman–Crippen MR) is 123 cm³/mol. The van der Waals surface area contributed by atoms with E-state index < -0.39 is 37.0 Å². The highest BCUT2D eigenvalue weighted by Gasteiger charge is 2.35. The molecule has 0 aromatic rings. The fraction of sp³-hybridized carbons (Fsp3) is 0.875. The summed E-state index contributed by atoms with van der Waals surface area (Å²) in [5.41, 5.74) is 0. The Balaban J connectivity index is 3.80. The van der Waals surface area contributed by atoms with Gasteiger partial charge in [0.1, 0.15) is 30.3 Å². The summed E-state index contributed by atoms with van der Waals surface area (Å²) in [5.74, 6) is -1.77. The van der Waals surface area contributed by atoms with Crippen LogP contribution in [0.4, 0.5) is 0 Å². The summed E-state index contributed by atoms with van der Waals surface area (Å²) in [5, 5.41) is 56.5. The number of unbranched alkanes of at least 4 members (excludes halogenated alkanes) is 13. The van der Waals surface area contributed by atoms with Gasteiger partial charge in [0.15, 0.2) is 6.10 Å². The van der Waals surface area contributed by atoms with E-state index in [9.17, 15) is 30.3 Å². The summed E-state index contributed by atoms with van der Waals surface area (Å²) >= 11 is 0. The van der Waals surface area contributed by atoms with Crippen LogP contribution in [0.5, 0.6) is 0 Å². The third-order valence-corrected chi connectivity index (χ3v) is 5.65. The summed E-state index contributed by atoms with van der Waals surface area (Å²) in [6.45, 7) is 1.51. The van der Waals surface area contributed by atoms with E-state index in [4.69, 9.17) is 9.84 Å². The van der Waals surface area contributed by atoms with Gasteiger partial charge in [-0.15, -0.1) is 0 Å². The van der Waals surface area contributed by atoms with E-state index in [1.807, 2.05) is 0 Å². The van der Waals surface area contributed by atoms with Crippen LogP contribution in [-0.4, -0.2) is 67.6 Å². The molecule has 0 aromatic heterocycles. The van der Waals surface area contributed by atoms with Crippen molar-refractivity contribution in [1.82, 2.24) is 0 Å². The van der Waals surface area contributed by atoms with E-state index >= 15 is 0 Å². The number of ether oxygens (including phenoxy) is 1. The first-order valence-electron chi connectivity index (χ1n) is 12.3. The standard InChI is InChI=1S/C24H46O8/c1-2-3-4-5-6-7-8-9-10-11-12-13-14-15-16-19(26)18-32-20(17-25)21(27)22(28)23(29)24(30)31/h18,20-23,25-29H,2-17H2,1H3,(H,30,31). The lowest BCUT2D eigenvalue weighted by Gasteiger charge is -2.26. The van der Waals surface area contributed by atoms with Crippen LogP contribution < -0.4 is 0 Å². The second-order valence-electron chi connectivity index (χ2n) is 8.58. The van der Waals surface area contributed by atoms with Crippen LogP contribution in [0, 0.1) is 0 Å². The molecule has 0 bridgehead atoms.